The van der Waals surface area contributed by atoms with E-state index in [4.69, 9.17) is 4.74 Å². The van der Waals surface area contributed by atoms with Gasteiger partial charge in [-0.2, -0.15) is 0 Å². The lowest BCUT2D eigenvalue weighted by molar-refractivity contribution is 0.0979. The molecule has 0 aliphatic heterocycles. The molecule has 4 rings (SSSR count). The van der Waals surface area contributed by atoms with Crippen LogP contribution in [0.2, 0.25) is 0 Å². The molecule has 0 aromatic heterocycles. The number of anilines is 2. The smallest absolute Gasteiger partial charge is 0.196 e. The second kappa shape index (κ2) is 6.48. The summed E-state index contributed by atoms with van der Waals surface area (Å²) >= 11 is 0. The number of ether oxygens (including phenoxy) is 1. The van der Waals surface area contributed by atoms with Gasteiger partial charge < -0.3 is 10.1 Å². The monoisotopic (exact) mass is 343 g/mol. The zero-order chi connectivity index (χ0) is 18.1. The Balaban J connectivity index is 1.74. The third kappa shape index (κ3) is 2.65. The van der Waals surface area contributed by atoms with Crippen molar-refractivity contribution in [1.29, 1.82) is 0 Å². The second-order valence-electron chi connectivity index (χ2n) is 6.01. The quantitative estimate of drug-likeness (QED) is 0.588. The van der Waals surface area contributed by atoms with Crippen molar-refractivity contribution in [3.05, 3.63) is 89.0 Å². The van der Waals surface area contributed by atoms with Gasteiger partial charge in [-0.1, -0.05) is 36.4 Å². The Morgan fingerprint density at radius 3 is 2.12 bits per heavy atom. The fourth-order valence-electron chi connectivity index (χ4n) is 3.21. The number of benzene rings is 3. The zero-order valence-corrected chi connectivity index (χ0v) is 14.3. The molecule has 0 fully saturated rings. The van der Waals surface area contributed by atoms with Crippen LogP contribution in [0.5, 0.6) is 5.75 Å². The van der Waals surface area contributed by atoms with E-state index in [-0.39, 0.29) is 11.6 Å². The van der Waals surface area contributed by atoms with Crippen LogP contribution < -0.4 is 10.1 Å². The summed E-state index contributed by atoms with van der Waals surface area (Å²) in [6.45, 7) is 2.54. The van der Waals surface area contributed by atoms with E-state index in [1.807, 2.05) is 37.3 Å². The minimum Gasteiger partial charge on any atom is -0.494 e. The van der Waals surface area contributed by atoms with Gasteiger partial charge in [-0.25, -0.2) is 0 Å². The molecule has 3 aromatic rings. The van der Waals surface area contributed by atoms with E-state index in [2.05, 4.69) is 5.32 Å². The third-order valence-corrected chi connectivity index (χ3v) is 4.40. The van der Waals surface area contributed by atoms with Crippen molar-refractivity contribution in [2.45, 2.75) is 6.92 Å². The Morgan fingerprint density at radius 2 is 1.42 bits per heavy atom. The molecule has 1 aliphatic rings. The number of ketones is 2. The van der Waals surface area contributed by atoms with Gasteiger partial charge in [0.2, 0.25) is 0 Å². The summed E-state index contributed by atoms with van der Waals surface area (Å²) in [7, 11) is 0. The lowest BCUT2D eigenvalue weighted by Crippen LogP contribution is -2.22. The zero-order valence-electron chi connectivity index (χ0n) is 14.3. The predicted octanol–water partition coefficient (Wildman–Crippen LogP) is 4.60. The highest BCUT2D eigenvalue weighted by molar-refractivity contribution is 6.30. The molecule has 0 radical (unpaired) electrons. The Hall–Kier alpha value is -3.40. The van der Waals surface area contributed by atoms with E-state index in [0.29, 0.717) is 34.5 Å². The van der Waals surface area contributed by atoms with Gasteiger partial charge in [0.05, 0.1) is 17.9 Å². The Kier molecular flexibility index (Phi) is 4.01. The van der Waals surface area contributed by atoms with Gasteiger partial charge in [-0.05, 0) is 37.3 Å². The number of fused-ring (bicyclic) bond motifs is 2. The van der Waals surface area contributed by atoms with Gasteiger partial charge in [0.25, 0.3) is 0 Å². The average Bonchev–Trinajstić information content (AvgIpc) is 2.68. The van der Waals surface area contributed by atoms with E-state index in [1.54, 1.807) is 36.4 Å². The van der Waals surface area contributed by atoms with Crippen LogP contribution in [-0.4, -0.2) is 18.2 Å². The Labute approximate surface area is 151 Å². The summed E-state index contributed by atoms with van der Waals surface area (Å²) in [6, 6.07) is 19.7. The van der Waals surface area contributed by atoms with Gasteiger partial charge in [-0.15, -0.1) is 0 Å². The van der Waals surface area contributed by atoms with Crippen molar-refractivity contribution in [2.24, 2.45) is 0 Å². The van der Waals surface area contributed by atoms with Crippen LogP contribution in [0.1, 0.15) is 38.8 Å². The maximum Gasteiger partial charge on any atom is 0.196 e. The highest BCUT2D eigenvalue weighted by Crippen LogP contribution is 2.33. The first-order chi connectivity index (χ1) is 12.7. The summed E-state index contributed by atoms with van der Waals surface area (Å²) in [5, 5.41) is 3.25. The van der Waals surface area contributed by atoms with Crippen molar-refractivity contribution >= 4 is 22.9 Å². The fraction of sp³-hybridized carbons (Fsp3) is 0.0909. The first-order valence-corrected chi connectivity index (χ1v) is 8.50. The summed E-state index contributed by atoms with van der Waals surface area (Å²) in [4.78, 5) is 25.8. The maximum absolute atomic E-state index is 13.0. The summed E-state index contributed by atoms with van der Waals surface area (Å²) in [5.74, 6) is 0.531. The first kappa shape index (κ1) is 16.1. The van der Waals surface area contributed by atoms with Crippen molar-refractivity contribution in [3.8, 4) is 5.75 Å². The number of rotatable bonds is 4. The number of carbonyl (C=O) groups excluding carboxylic acids is 2. The highest BCUT2D eigenvalue weighted by atomic mass is 16.5. The molecule has 0 atom stereocenters. The lowest BCUT2D eigenvalue weighted by atomic mass is 9.83. The van der Waals surface area contributed by atoms with Crippen molar-refractivity contribution in [1.82, 2.24) is 0 Å². The van der Waals surface area contributed by atoms with Crippen LogP contribution in [-0.2, 0) is 0 Å². The number of carbonyl (C=O) groups is 2. The van der Waals surface area contributed by atoms with Crippen LogP contribution in [0.25, 0.3) is 0 Å². The molecule has 1 aliphatic carbocycles. The van der Waals surface area contributed by atoms with E-state index in [1.165, 1.54) is 0 Å². The summed E-state index contributed by atoms with van der Waals surface area (Å²) in [5.41, 5.74) is 3.21. The van der Waals surface area contributed by atoms with E-state index >= 15 is 0 Å². The van der Waals surface area contributed by atoms with Gasteiger partial charge in [-0.3, -0.25) is 9.59 Å². The van der Waals surface area contributed by atoms with Crippen molar-refractivity contribution < 1.29 is 14.3 Å². The SMILES string of the molecule is CCOc1ccc(Nc2cccc3c2C(=O)c2ccccc2C3=O)cc1. The summed E-state index contributed by atoms with van der Waals surface area (Å²) < 4.78 is 5.45. The molecule has 128 valence electrons. The molecule has 26 heavy (non-hydrogen) atoms. The van der Waals surface area contributed by atoms with E-state index in [0.717, 1.165) is 11.4 Å². The van der Waals surface area contributed by atoms with Crippen molar-refractivity contribution in [2.75, 3.05) is 11.9 Å². The molecule has 0 unspecified atom stereocenters. The normalized spacial score (nSPS) is 12.3. The molecule has 0 saturated carbocycles. The van der Waals surface area contributed by atoms with Gasteiger partial charge in [0, 0.05) is 22.4 Å². The Bertz CT molecular complexity index is 1010. The number of hydrogen-bond acceptors (Lipinski definition) is 4. The Morgan fingerprint density at radius 1 is 0.769 bits per heavy atom. The van der Waals surface area contributed by atoms with Gasteiger partial charge in [0.1, 0.15) is 5.75 Å². The molecule has 0 bridgehead atoms. The van der Waals surface area contributed by atoms with E-state index < -0.39 is 0 Å². The first-order valence-electron chi connectivity index (χ1n) is 8.50. The lowest BCUT2D eigenvalue weighted by Gasteiger charge is -2.20. The average molecular weight is 343 g/mol. The standard InChI is InChI=1S/C22H17NO3/c1-2-26-15-12-10-14(11-13-15)23-19-9-5-8-18-20(19)22(25)17-7-4-3-6-16(17)21(18)24/h3-13,23H,2H2,1H3. The van der Waals surface area contributed by atoms with Crippen LogP contribution in [0, 0.1) is 0 Å². The predicted molar refractivity (Wildman–Crippen MR) is 101 cm³/mol. The maximum atomic E-state index is 13.0. The van der Waals surface area contributed by atoms with Crippen molar-refractivity contribution in [3.63, 3.8) is 0 Å². The topological polar surface area (TPSA) is 55.4 Å². The van der Waals surface area contributed by atoms with Gasteiger partial charge >= 0.3 is 0 Å². The third-order valence-electron chi connectivity index (χ3n) is 4.40. The number of hydrogen-bond donors (Lipinski definition) is 1. The molecule has 0 saturated heterocycles. The summed E-state index contributed by atoms with van der Waals surface area (Å²) in [6.07, 6.45) is 0. The van der Waals surface area contributed by atoms with Gasteiger partial charge in [0.15, 0.2) is 11.6 Å². The fourth-order valence-corrected chi connectivity index (χ4v) is 3.21. The largest absolute Gasteiger partial charge is 0.494 e. The molecule has 4 heteroatoms. The molecule has 3 aromatic carbocycles. The second-order valence-corrected chi connectivity index (χ2v) is 6.01. The molecule has 0 heterocycles. The van der Waals surface area contributed by atoms with Crippen LogP contribution >= 0.6 is 0 Å². The minimum atomic E-state index is -0.135. The molecule has 0 spiro atoms. The van der Waals surface area contributed by atoms with Crippen LogP contribution in [0.4, 0.5) is 11.4 Å². The van der Waals surface area contributed by atoms with E-state index in [9.17, 15) is 9.59 Å². The minimum absolute atomic E-state index is 0.120. The molecular weight excluding hydrogens is 326 g/mol. The molecule has 0 amide bonds. The number of nitrogens with one attached hydrogen (secondary N) is 1. The van der Waals surface area contributed by atoms with Crippen LogP contribution in [0.3, 0.4) is 0 Å². The van der Waals surface area contributed by atoms with Crippen LogP contribution in [0.15, 0.2) is 66.7 Å². The highest BCUT2D eigenvalue weighted by Gasteiger charge is 2.31. The molecule has 1 N–H and O–H groups in total. The molecular formula is C22H17NO3. The molecule has 4 nitrogen and oxygen atoms in total.